The van der Waals surface area contributed by atoms with Crippen LogP contribution in [-0.2, 0) is 19.4 Å². The second-order valence-corrected chi connectivity index (χ2v) is 11.1. The van der Waals surface area contributed by atoms with Crippen molar-refractivity contribution in [3.8, 4) is 5.69 Å². The van der Waals surface area contributed by atoms with E-state index in [2.05, 4.69) is 12.0 Å². The summed E-state index contributed by atoms with van der Waals surface area (Å²) in [6.45, 7) is 7.93. The number of nitrogens with zero attached hydrogens (tertiary/aromatic N) is 3. The molecule has 0 radical (unpaired) electrons. The van der Waals surface area contributed by atoms with E-state index in [1.165, 1.54) is 23.0 Å². The molecule has 1 aromatic carbocycles. The van der Waals surface area contributed by atoms with Crippen LogP contribution >= 0.6 is 0 Å². The minimum atomic E-state index is -3.33. The van der Waals surface area contributed by atoms with Gasteiger partial charge in [0.15, 0.2) is 15.7 Å². The van der Waals surface area contributed by atoms with Gasteiger partial charge in [-0.3, -0.25) is 9.69 Å². The van der Waals surface area contributed by atoms with E-state index in [0.29, 0.717) is 11.6 Å². The van der Waals surface area contributed by atoms with E-state index in [9.17, 15) is 18.0 Å². The van der Waals surface area contributed by atoms with Crippen molar-refractivity contribution in [3.63, 3.8) is 0 Å². The number of carbonyl (C=O) groups is 2. The van der Waals surface area contributed by atoms with Gasteiger partial charge in [-0.15, -0.1) is 5.10 Å². The van der Waals surface area contributed by atoms with Crippen molar-refractivity contribution in [2.75, 3.05) is 17.8 Å². The maximum atomic E-state index is 13.5. The van der Waals surface area contributed by atoms with Crippen LogP contribution in [0.5, 0.6) is 0 Å². The van der Waals surface area contributed by atoms with E-state index in [4.69, 9.17) is 4.74 Å². The van der Waals surface area contributed by atoms with Gasteiger partial charge in [-0.05, 0) is 76.6 Å². The van der Waals surface area contributed by atoms with Gasteiger partial charge >= 0.3 is 5.97 Å². The van der Waals surface area contributed by atoms with Crippen LogP contribution in [0.4, 0.5) is 5.82 Å². The van der Waals surface area contributed by atoms with Gasteiger partial charge in [0, 0.05) is 24.4 Å². The van der Waals surface area contributed by atoms with Gasteiger partial charge in [0.1, 0.15) is 5.56 Å². The lowest BCUT2D eigenvalue weighted by Gasteiger charge is -2.32. The van der Waals surface area contributed by atoms with E-state index >= 15 is 0 Å². The maximum absolute atomic E-state index is 13.5. The molecule has 1 heterocycles. The molecular weight excluding hydrogens is 442 g/mol. The second kappa shape index (κ2) is 10.1. The van der Waals surface area contributed by atoms with Gasteiger partial charge in [0.05, 0.1) is 17.2 Å². The number of hydrogen-bond donors (Lipinski definition) is 0. The van der Waals surface area contributed by atoms with Crippen LogP contribution in [0, 0.1) is 11.8 Å². The first-order valence-electron chi connectivity index (χ1n) is 11.4. The summed E-state index contributed by atoms with van der Waals surface area (Å²) < 4.78 is 30.3. The molecule has 0 atom stereocenters. The summed E-state index contributed by atoms with van der Waals surface area (Å²) in [5, 5.41) is 4.60. The summed E-state index contributed by atoms with van der Waals surface area (Å²) in [7, 11) is -3.33. The van der Waals surface area contributed by atoms with E-state index < -0.39 is 15.8 Å². The van der Waals surface area contributed by atoms with Crippen LogP contribution in [0.25, 0.3) is 5.69 Å². The highest BCUT2D eigenvalue weighted by atomic mass is 32.2. The summed E-state index contributed by atoms with van der Waals surface area (Å²) in [5.74, 6) is 0.199. The Labute approximate surface area is 195 Å². The normalized spacial score (nSPS) is 18.8. The molecule has 1 amide bonds. The quantitative estimate of drug-likeness (QED) is 0.561. The molecule has 1 aromatic heterocycles. The van der Waals surface area contributed by atoms with Crippen LogP contribution in [0.3, 0.4) is 0 Å². The molecule has 9 heteroatoms. The third-order valence-corrected chi connectivity index (χ3v) is 7.20. The topological polar surface area (TPSA) is 98.6 Å². The lowest BCUT2D eigenvalue weighted by Crippen LogP contribution is -2.43. The van der Waals surface area contributed by atoms with Crippen LogP contribution in [-0.4, -0.2) is 49.0 Å². The highest BCUT2D eigenvalue weighted by Crippen LogP contribution is 2.33. The Balaban J connectivity index is 2.03. The summed E-state index contributed by atoms with van der Waals surface area (Å²) >= 11 is 0. The smallest absolute Gasteiger partial charge is 0.343 e. The molecule has 1 aliphatic carbocycles. The number of benzene rings is 1. The van der Waals surface area contributed by atoms with Gasteiger partial charge in [-0.2, -0.15) is 0 Å². The van der Waals surface area contributed by atoms with Crippen LogP contribution in [0.15, 0.2) is 35.4 Å². The molecule has 0 N–H and O–H groups in total. The Morgan fingerprint density at radius 1 is 1.15 bits per heavy atom. The van der Waals surface area contributed by atoms with E-state index in [0.717, 1.165) is 31.9 Å². The zero-order valence-electron chi connectivity index (χ0n) is 19.9. The highest BCUT2D eigenvalue weighted by Gasteiger charge is 2.34. The van der Waals surface area contributed by atoms with Gasteiger partial charge in [0.25, 0.3) is 0 Å². The average molecular weight is 476 g/mol. The summed E-state index contributed by atoms with van der Waals surface area (Å²) in [6, 6.07) is 6.01. The maximum Gasteiger partial charge on any atom is 0.343 e. The van der Waals surface area contributed by atoms with Crippen molar-refractivity contribution < 1.29 is 22.7 Å². The van der Waals surface area contributed by atoms with Crippen molar-refractivity contribution in [1.82, 2.24) is 9.78 Å². The Morgan fingerprint density at radius 3 is 2.27 bits per heavy atom. The van der Waals surface area contributed by atoms with Crippen molar-refractivity contribution in [2.45, 2.75) is 64.3 Å². The summed E-state index contributed by atoms with van der Waals surface area (Å²) in [6.07, 6.45) is 6.35. The van der Waals surface area contributed by atoms with Crippen LogP contribution in [0.2, 0.25) is 0 Å². The molecule has 0 unspecified atom stereocenters. The minimum Gasteiger partial charge on any atom is -0.462 e. The monoisotopic (exact) mass is 475 g/mol. The number of rotatable bonds is 7. The molecule has 8 nitrogen and oxygen atoms in total. The van der Waals surface area contributed by atoms with Crippen LogP contribution < -0.4 is 4.90 Å². The Hall–Kier alpha value is -2.68. The first-order chi connectivity index (χ1) is 15.5. The zero-order valence-corrected chi connectivity index (χ0v) is 20.8. The molecular formula is C24H33N3O5S. The van der Waals surface area contributed by atoms with Gasteiger partial charge in [-0.25, -0.2) is 17.9 Å². The number of carbonyl (C=O) groups excluding carboxylic acids is 2. The summed E-state index contributed by atoms with van der Waals surface area (Å²) in [5.41, 5.74) is 0.775. The number of anilines is 1. The second-order valence-electron chi connectivity index (χ2n) is 9.06. The fourth-order valence-electron chi connectivity index (χ4n) is 4.18. The number of aromatic nitrogens is 2. The van der Waals surface area contributed by atoms with Crippen LogP contribution in [0.1, 0.15) is 63.7 Å². The fraction of sp³-hybridized carbons (Fsp3) is 0.542. The molecule has 0 aliphatic heterocycles. The highest BCUT2D eigenvalue weighted by molar-refractivity contribution is 7.90. The standard InChI is InChI=1S/C24H33N3O5S/c1-6-32-24(29)21-15-26(19-11-13-20(14-12-19)33(5,30)31)25-22(21)27(16(2)3)23(28)18-9-7-17(4)8-10-18/h11-18H,6-10H2,1-5H3/t17-,18-. The van der Waals surface area contributed by atoms with Gasteiger partial charge < -0.3 is 4.74 Å². The number of hydrogen-bond acceptors (Lipinski definition) is 6. The number of ether oxygens (including phenoxy) is 1. The van der Waals surface area contributed by atoms with Gasteiger partial charge in [0.2, 0.25) is 5.91 Å². The van der Waals surface area contributed by atoms with E-state index in [1.807, 2.05) is 13.8 Å². The lowest BCUT2D eigenvalue weighted by atomic mass is 9.82. The number of esters is 1. The average Bonchev–Trinajstić information content (AvgIpc) is 3.18. The zero-order chi connectivity index (χ0) is 24.3. The molecule has 180 valence electrons. The first kappa shape index (κ1) is 25.0. The molecule has 1 fully saturated rings. The molecule has 0 saturated heterocycles. The third kappa shape index (κ3) is 5.63. The number of amides is 1. The molecule has 1 aliphatic rings. The summed E-state index contributed by atoms with van der Waals surface area (Å²) in [4.78, 5) is 28.1. The molecule has 2 aromatic rings. The van der Waals surface area contributed by atoms with E-state index in [-0.39, 0.29) is 40.8 Å². The predicted molar refractivity (Wildman–Crippen MR) is 126 cm³/mol. The third-order valence-electron chi connectivity index (χ3n) is 6.07. The predicted octanol–water partition coefficient (Wildman–Crippen LogP) is 4.02. The minimum absolute atomic E-state index is 0.0277. The van der Waals surface area contributed by atoms with Crippen molar-refractivity contribution >= 4 is 27.5 Å². The largest absolute Gasteiger partial charge is 0.462 e. The number of sulfone groups is 1. The SMILES string of the molecule is CCOC(=O)c1cn(-c2ccc(S(C)(=O)=O)cc2)nc1N(C(=O)[C@H]1CC[C@H](C)CC1)C(C)C. The lowest BCUT2D eigenvalue weighted by molar-refractivity contribution is -0.124. The molecule has 3 rings (SSSR count). The molecule has 0 spiro atoms. The first-order valence-corrected chi connectivity index (χ1v) is 13.3. The Bertz CT molecular complexity index is 1100. The fourth-order valence-corrected chi connectivity index (χ4v) is 4.81. The Kier molecular flexibility index (Phi) is 7.62. The van der Waals surface area contributed by atoms with Gasteiger partial charge in [-0.1, -0.05) is 6.92 Å². The molecule has 33 heavy (non-hydrogen) atoms. The molecule has 1 saturated carbocycles. The van der Waals surface area contributed by atoms with Crippen molar-refractivity contribution in [2.24, 2.45) is 11.8 Å². The van der Waals surface area contributed by atoms with Crippen molar-refractivity contribution in [3.05, 3.63) is 36.0 Å². The van der Waals surface area contributed by atoms with E-state index in [1.54, 1.807) is 24.0 Å². The van der Waals surface area contributed by atoms with Crippen molar-refractivity contribution in [1.29, 1.82) is 0 Å². The molecule has 0 bridgehead atoms. The Morgan fingerprint density at radius 2 is 1.76 bits per heavy atom.